The van der Waals surface area contributed by atoms with Crippen LogP contribution in [-0.4, -0.2) is 15.7 Å². The topological polar surface area (TPSA) is 46.9 Å². The molecule has 152 valence electrons. The summed E-state index contributed by atoms with van der Waals surface area (Å²) in [4.78, 5) is 12.5. The number of nitrogens with one attached hydrogen (secondary N) is 1. The molecule has 0 spiro atoms. The normalized spacial score (nSPS) is 11.0. The lowest BCUT2D eigenvalue weighted by Gasteiger charge is -2.10. The zero-order chi connectivity index (χ0) is 21.5. The van der Waals surface area contributed by atoms with Gasteiger partial charge in [0.05, 0.1) is 34.7 Å². The van der Waals surface area contributed by atoms with Crippen molar-refractivity contribution in [3.63, 3.8) is 0 Å². The first-order valence-corrected chi connectivity index (χ1v) is 9.31. The Labute approximate surface area is 175 Å². The summed E-state index contributed by atoms with van der Waals surface area (Å²) >= 11 is 2.01. The van der Waals surface area contributed by atoms with E-state index in [2.05, 4.69) is 10.4 Å². The van der Waals surface area contributed by atoms with Gasteiger partial charge in [-0.3, -0.25) is 9.48 Å². The van der Waals surface area contributed by atoms with E-state index in [1.165, 1.54) is 6.92 Å². The molecule has 0 radical (unpaired) electrons. The number of hydrogen-bond acceptors (Lipinski definition) is 2. The molecule has 0 saturated heterocycles. The van der Waals surface area contributed by atoms with E-state index in [0.29, 0.717) is 26.2 Å². The smallest absolute Gasteiger partial charge is 0.256 e. The van der Waals surface area contributed by atoms with Crippen molar-refractivity contribution in [2.24, 2.45) is 0 Å². The number of hydrogen-bond donors (Lipinski definition) is 1. The van der Waals surface area contributed by atoms with Crippen molar-refractivity contribution in [3.05, 3.63) is 79.4 Å². The molecule has 1 amide bonds. The predicted molar refractivity (Wildman–Crippen MR) is 104 cm³/mol. The summed E-state index contributed by atoms with van der Waals surface area (Å²) < 4.78 is 69.8. The van der Waals surface area contributed by atoms with Gasteiger partial charge in [0.15, 0.2) is 23.3 Å². The third-order valence-corrected chi connectivity index (χ3v) is 5.29. The largest absolute Gasteiger partial charge is 0.319 e. The maximum Gasteiger partial charge on any atom is 0.256 e. The second-order valence-electron chi connectivity index (χ2n) is 6.19. The number of amides is 1. The van der Waals surface area contributed by atoms with Crippen LogP contribution < -0.4 is 5.32 Å². The van der Waals surface area contributed by atoms with Gasteiger partial charge < -0.3 is 5.32 Å². The highest BCUT2D eigenvalue weighted by Crippen LogP contribution is 2.26. The van der Waals surface area contributed by atoms with Crippen LogP contribution in [0.4, 0.5) is 27.6 Å². The number of benzene rings is 2. The molecule has 4 nitrogen and oxygen atoms in total. The van der Waals surface area contributed by atoms with Crippen molar-refractivity contribution in [3.8, 4) is 0 Å². The van der Waals surface area contributed by atoms with E-state index in [9.17, 15) is 26.7 Å². The maximum absolute atomic E-state index is 14.0. The van der Waals surface area contributed by atoms with Gasteiger partial charge in [0.2, 0.25) is 5.82 Å². The van der Waals surface area contributed by atoms with Gasteiger partial charge in [0.25, 0.3) is 5.91 Å². The first-order valence-electron chi connectivity index (χ1n) is 8.23. The Morgan fingerprint density at radius 2 is 1.55 bits per heavy atom. The molecule has 0 atom stereocenters. The Hall–Kier alpha value is -2.50. The number of anilines is 1. The molecule has 10 heteroatoms. The van der Waals surface area contributed by atoms with Crippen LogP contribution in [0.2, 0.25) is 0 Å². The number of carbonyl (C=O) groups excluding carboxylic acids is 1. The van der Waals surface area contributed by atoms with E-state index in [0.717, 1.165) is 4.68 Å². The van der Waals surface area contributed by atoms with Gasteiger partial charge in [-0.25, -0.2) is 22.0 Å². The van der Waals surface area contributed by atoms with Crippen LogP contribution in [0.1, 0.15) is 27.3 Å². The summed E-state index contributed by atoms with van der Waals surface area (Å²) in [5.41, 5.74) is 0.316. The molecule has 0 aliphatic rings. The van der Waals surface area contributed by atoms with Crippen LogP contribution in [0.3, 0.4) is 0 Å². The fourth-order valence-electron chi connectivity index (χ4n) is 2.80. The average Bonchev–Trinajstić information content (AvgIpc) is 2.95. The first kappa shape index (κ1) is 21.2. The fraction of sp³-hybridized carbons (Fsp3) is 0.158. The standard InChI is InChI=1S/C19H13F5IN3O/c1-8-18(26-19(29)10-5-3-4-6-12(10)25)9(2)28(27-8)7-11-13(20)15(22)17(24)16(23)14(11)21/h3-6H,7H2,1-2H3,(H,26,29). The molecule has 0 aliphatic heterocycles. The second kappa shape index (κ2) is 8.09. The maximum atomic E-state index is 14.0. The summed E-state index contributed by atoms with van der Waals surface area (Å²) in [7, 11) is 0. The fourth-order valence-corrected chi connectivity index (χ4v) is 3.43. The van der Waals surface area contributed by atoms with E-state index in [1.54, 1.807) is 31.2 Å². The first-order chi connectivity index (χ1) is 13.6. The number of carbonyl (C=O) groups is 1. The van der Waals surface area contributed by atoms with Crippen molar-refractivity contribution < 1.29 is 26.7 Å². The molecule has 0 unspecified atom stereocenters. The third kappa shape index (κ3) is 3.85. The van der Waals surface area contributed by atoms with Gasteiger partial charge in [-0.1, -0.05) is 12.1 Å². The Balaban J connectivity index is 1.95. The van der Waals surface area contributed by atoms with Crippen LogP contribution in [-0.2, 0) is 6.54 Å². The average molecular weight is 521 g/mol. The molecular formula is C19H13F5IN3O. The molecular weight excluding hydrogens is 508 g/mol. The lowest BCUT2D eigenvalue weighted by molar-refractivity contribution is 0.102. The van der Waals surface area contributed by atoms with Crippen molar-refractivity contribution in [1.29, 1.82) is 0 Å². The lowest BCUT2D eigenvalue weighted by atomic mass is 10.1. The highest BCUT2D eigenvalue weighted by atomic mass is 127. The number of nitrogens with zero attached hydrogens (tertiary/aromatic N) is 2. The zero-order valence-electron chi connectivity index (χ0n) is 15.1. The van der Waals surface area contributed by atoms with E-state index in [4.69, 9.17) is 0 Å². The predicted octanol–water partition coefficient (Wildman–Crippen LogP) is 5.10. The molecule has 0 saturated carbocycles. The molecule has 3 rings (SSSR count). The molecule has 29 heavy (non-hydrogen) atoms. The van der Waals surface area contributed by atoms with E-state index < -0.39 is 47.1 Å². The van der Waals surface area contributed by atoms with Crippen molar-refractivity contribution in [2.45, 2.75) is 20.4 Å². The summed E-state index contributed by atoms with van der Waals surface area (Å²) in [5, 5.41) is 6.75. The summed E-state index contributed by atoms with van der Waals surface area (Å²) in [6, 6.07) is 6.85. The number of halogens is 6. The van der Waals surface area contributed by atoms with Gasteiger partial charge in [0.1, 0.15) is 0 Å². The molecule has 3 aromatic rings. The Morgan fingerprint density at radius 3 is 2.14 bits per heavy atom. The molecule has 1 heterocycles. The highest BCUT2D eigenvalue weighted by molar-refractivity contribution is 14.1. The molecule has 0 aliphatic carbocycles. The van der Waals surface area contributed by atoms with Crippen LogP contribution in [0.5, 0.6) is 0 Å². The van der Waals surface area contributed by atoms with Gasteiger partial charge in [-0.05, 0) is 48.6 Å². The van der Waals surface area contributed by atoms with Gasteiger partial charge in [-0.2, -0.15) is 5.10 Å². The minimum Gasteiger partial charge on any atom is -0.319 e. The van der Waals surface area contributed by atoms with E-state index >= 15 is 0 Å². The highest BCUT2D eigenvalue weighted by Gasteiger charge is 2.27. The third-order valence-electron chi connectivity index (χ3n) is 4.35. The van der Waals surface area contributed by atoms with Crippen LogP contribution in [0, 0.1) is 46.5 Å². The molecule has 1 aromatic heterocycles. The zero-order valence-corrected chi connectivity index (χ0v) is 17.2. The molecule has 0 bridgehead atoms. The number of aryl methyl sites for hydroxylation is 1. The van der Waals surface area contributed by atoms with Crippen molar-refractivity contribution in [1.82, 2.24) is 9.78 Å². The van der Waals surface area contributed by atoms with Gasteiger partial charge in [0, 0.05) is 3.57 Å². The van der Waals surface area contributed by atoms with E-state index in [1.807, 2.05) is 22.6 Å². The summed E-state index contributed by atoms with van der Waals surface area (Å²) in [6.07, 6.45) is 0. The lowest BCUT2D eigenvalue weighted by Crippen LogP contribution is -2.15. The number of aromatic nitrogens is 2. The summed E-state index contributed by atoms with van der Waals surface area (Å²) in [5.74, 6) is -10.5. The van der Waals surface area contributed by atoms with E-state index in [-0.39, 0.29) is 0 Å². The Morgan fingerprint density at radius 1 is 1.00 bits per heavy atom. The van der Waals surface area contributed by atoms with Gasteiger partial charge >= 0.3 is 0 Å². The van der Waals surface area contributed by atoms with Crippen LogP contribution >= 0.6 is 22.6 Å². The van der Waals surface area contributed by atoms with Crippen LogP contribution in [0.15, 0.2) is 24.3 Å². The van der Waals surface area contributed by atoms with Gasteiger partial charge in [-0.15, -0.1) is 0 Å². The Kier molecular flexibility index (Phi) is 5.92. The Bertz CT molecular complexity index is 1100. The van der Waals surface area contributed by atoms with Crippen molar-refractivity contribution >= 4 is 34.2 Å². The molecule has 2 aromatic carbocycles. The van der Waals surface area contributed by atoms with Crippen molar-refractivity contribution in [2.75, 3.05) is 5.32 Å². The summed E-state index contributed by atoms with van der Waals surface area (Å²) in [6.45, 7) is 2.36. The molecule has 1 N–H and O–H groups in total. The minimum absolute atomic E-state index is 0.290. The monoisotopic (exact) mass is 521 g/mol. The molecule has 0 fully saturated rings. The second-order valence-corrected chi connectivity index (χ2v) is 7.35. The minimum atomic E-state index is -2.22. The van der Waals surface area contributed by atoms with Crippen LogP contribution in [0.25, 0.3) is 0 Å². The number of rotatable bonds is 4. The quantitative estimate of drug-likeness (QED) is 0.225. The SMILES string of the molecule is Cc1nn(Cc2c(F)c(F)c(F)c(F)c2F)c(C)c1NC(=O)c1ccccc1I.